The molecule has 0 radical (unpaired) electrons. The normalized spacial score (nSPS) is 18.2. The molecule has 0 spiro atoms. The summed E-state index contributed by atoms with van der Waals surface area (Å²) in [7, 11) is 0. The largest absolute Gasteiger partial charge is 0.356 e. The number of hydrogen-bond acceptors (Lipinski definition) is 4. The maximum atomic E-state index is 12.2. The second-order valence-corrected chi connectivity index (χ2v) is 6.96. The molecule has 0 aromatic heterocycles. The van der Waals surface area contributed by atoms with Crippen LogP contribution < -0.4 is 10.6 Å². The molecule has 24 heavy (non-hydrogen) atoms. The molecule has 5 nitrogen and oxygen atoms in total. The van der Waals surface area contributed by atoms with Gasteiger partial charge in [-0.25, -0.2) is 0 Å². The van der Waals surface area contributed by atoms with Crippen molar-refractivity contribution in [2.75, 3.05) is 38.2 Å². The first-order valence-corrected chi connectivity index (χ1v) is 9.91. The van der Waals surface area contributed by atoms with Gasteiger partial charge in [0.05, 0.1) is 12.5 Å². The highest BCUT2D eigenvalue weighted by atomic mass is 32.2. The van der Waals surface area contributed by atoms with Gasteiger partial charge in [0.15, 0.2) is 0 Å². The van der Waals surface area contributed by atoms with Crippen molar-refractivity contribution in [3.63, 3.8) is 0 Å². The number of nitrogens with one attached hydrogen (secondary N) is 2. The van der Waals surface area contributed by atoms with E-state index in [9.17, 15) is 9.59 Å². The zero-order valence-corrected chi connectivity index (χ0v) is 15.1. The molecule has 132 valence electrons. The number of piperazine rings is 1. The SMILES string of the molecule is CSCCCNC(=O)CC1C(=O)NCCN1CCc1ccccc1. The monoisotopic (exact) mass is 349 g/mol. The molecule has 1 aromatic carbocycles. The van der Waals surface area contributed by atoms with E-state index < -0.39 is 0 Å². The molecule has 1 fully saturated rings. The van der Waals surface area contributed by atoms with Crippen molar-refractivity contribution in [3.05, 3.63) is 35.9 Å². The lowest BCUT2D eigenvalue weighted by Crippen LogP contribution is -2.56. The Balaban J connectivity index is 1.84. The van der Waals surface area contributed by atoms with Gasteiger partial charge in [-0.15, -0.1) is 0 Å². The van der Waals surface area contributed by atoms with Crippen LogP contribution in [-0.4, -0.2) is 60.9 Å². The minimum Gasteiger partial charge on any atom is -0.356 e. The second kappa shape index (κ2) is 10.4. The summed E-state index contributed by atoms with van der Waals surface area (Å²) in [5.41, 5.74) is 1.25. The molecule has 1 saturated heterocycles. The van der Waals surface area contributed by atoms with Crippen molar-refractivity contribution in [1.29, 1.82) is 0 Å². The lowest BCUT2D eigenvalue weighted by molar-refractivity contribution is -0.133. The van der Waals surface area contributed by atoms with Gasteiger partial charge in [0.25, 0.3) is 0 Å². The molecule has 1 heterocycles. The van der Waals surface area contributed by atoms with Crippen LogP contribution in [0.2, 0.25) is 0 Å². The third-order valence-electron chi connectivity index (χ3n) is 4.20. The van der Waals surface area contributed by atoms with Crippen molar-refractivity contribution >= 4 is 23.6 Å². The molecule has 1 aliphatic rings. The quantitative estimate of drug-likeness (QED) is 0.660. The summed E-state index contributed by atoms with van der Waals surface area (Å²) >= 11 is 1.77. The highest BCUT2D eigenvalue weighted by Crippen LogP contribution is 2.11. The predicted molar refractivity (Wildman–Crippen MR) is 99.1 cm³/mol. The van der Waals surface area contributed by atoms with Crippen LogP contribution in [0.1, 0.15) is 18.4 Å². The Hall–Kier alpha value is -1.53. The lowest BCUT2D eigenvalue weighted by Gasteiger charge is -2.34. The van der Waals surface area contributed by atoms with Gasteiger partial charge >= 0.3 is 0 Å². The summed E-state index contributed by atoms with van der Waals surface area (Å²) in [6.07, 6.45) is 4.14. The van der Waals surface area contributed by atoms with Crippen LogP contribution in [0.15, 0.2) is 30.3 Å². The standard InChI is InChI=1S/C18H27N3O2S/c1-24-13-5-9-19-17(22)14-16-18(23)20-10-12-21(16)11-8-15-6-3-2-4-7-15/h2-4,6-7,16H,5,8-14H2,1H3,(H,19,22)(H,20,23). The van der Waals surface area contributed by atoms with Crippen molar-refractivity contribution in [1.82, 2.24) is 15.5 Å². The van der Waals surface area contributed by atoms with E-state index in [4.69, 9.17) is 0 Å². The fourth-order valence-corrected chi connectivity index (χ4v) is 3.29. The number of amides is 2. The fourth-order valence-electron chi connectivity index (χ4n) is 2.86. The van der Waals surface area contributed by atoms with Gasteiger partial charge in [0.2, 0.25) is 11.8 Å². The molecule has 1 aliphatic heterocycles. The number of nitrogens with zero attached hydrogens (tertiary/aromatic N) is 1. The van der Waals surface area contributed by atoms with E-state index in [-0.39, 0.29) is 24.3 Å². The number of hydrogen-bond donors (Lipinski definition) is 2. The average Bonchev–Trinajstić information content (AvgIpc) is 2.60. The Morgan fingerprint density at radius 1 is 1.38 bits per heavy atom. The van der Waals surface area contributed by atoms with Crippen LogP contribution in [-0.2, 0) is 16.0 Å². The van der Waals surface area contributed by atoms with E-state index in [0.29, 0.717) is 13.1 Å². The summed E-state index contributed by atoms with van der Waals surface area (Å²) in [6, 6.07) is 9.88. The van der Waals surface area contributed by atoms with Gasteiger partial charge in [-0.3, -0.25) is 14.5 Å². The highest BCUT2D eigenvalue weighted by molar-refractivity contribution is 7.98. The number of thioether (sulfide) groups is 1. The van der Waals surface area contributed by atoms with Crippen LogP contribution in [0, 0.1) is 0 Å². The third kappa shape index (κ3) is 6.17. The Labute approximate surface area is 148 Å². The summed E-state index contributed by atoms with van der Waals surface area (Å²) in [4.78, 5) is 26.4. The molecule has 1 aromatic rings. The van der Waals surface area contributed by atoms with Crippen molar-refractivity contribution in [2.45, 2.75) is 25.3 Å². The predicted octanol–water partition coefficient (Wildman–Crippen LogP) is 1.29. The van der Waals surface area contributed by atoms with Gasteiger partial charge < -0.3 is 10.6 Å². The summed E-state index contributed by atoms with van der Waals surface area (Å²) in [6.45, 7) is 2.92. The van der Waals surface area contributed by atoms with E-state index in [2.05, 4.69) is 33.9 Å². The maximum absolute atomic E-state index is 12.2. The molecule has 2 amide bonds. The van der Waals surface area contributed by atoms with Gasteiger partial charge in [0, 0.05) is 26.2 Å². The zero-order valence-electron chi connectivity index (χ0n) is 14.3. The Morgan fingerprint density at radius 3 is 2.92 bits per heavy atom. The Kier molecular flexibility index (Phi) is 8.12. The minimum absolute atomic E-state index is 0.0337. The molecule has 0 bridgehead atoms. The average molecular weight is 350 g/mol. The highest BCUT2D eigenvalue weighted by Gasteiger charge is 2.31. The van der Waals surface area contributed by atoms with Crippen molar-refractivity contribution < 1.29 is 9.59 Å². The van der Waals surface area contributed by atoms with Crippen molar-refractivity contribution in [3.8, 4) is 0 Å². The van der Waals surface area contributed by atoms with E-state index >= 15 is 0 Å². The van der Waals surface area contributed by atoms with Crippen LogP contribution in [0.4, 0.5) is 0 Å². The van der Waals surface area contributed by atoms with Gasteiger partial charge in [0.1, 0.15) is 0 Å². The third-order valence-corrected chi connectivity index (χ3v) is 4.90. The Morgan fingerprint density at radius 2 is 2.17 bits per heavy atom. The first kappa shape index (κ1) is 18.8. The molecule has 1 unspecified atom stereocenters. The molecule has 2 rings (SSSR count). The van der Waals surface area contributed by atoms with Crippen LogP contribution in [0.25, 0.3) is 0 Å². The maximum Gasteiger partial charge on any atom is 0.237 e. The smallest absolute Gasteiger partial charge is 0.237 e. The molecule has 1 atom stereocenters. The van der Waals surface area contributed by atoms with E-state index in [0.717, 1.165) is 31.7 Å². The second-order valence-electron chi connectivity index (χ2n) is 5.98. The molecular weight excluding hydrogens is 322 g/mol. The number of carbonyl (C=O) groups is 2. The van der Waals surface area contributed by atoms with Crippen LogP contribution in [0.3, 0.4) is 0 Å². The summed E-state index contributed by atoms with van der Waals surface area (Å²) in [5, 5.41) is 5.80. The molecule has 0 aliphatic carbocycles. The fraction of sp³-hybridized carbons (Fsp3) is 0.556. The Bertz CT molecular complexity index is 524. The van der Waals surface area contributed by atoms with E-state index in [1.807, 2.05) is 18.2 Å². The van der Waals surface area contributed by atoms with Gasteiger partial charge in [-0.05, 0) is 30.4 Å². The number of rotatable bonds is 9. The molecule has 6 heteroatoms. The van der Waals surface area contributed by atoms with Crippen LogP contribution in [0.5, 0.6) is 0 Å². The van der Waals surface area contributed by atoms with Crippen LogP contribution >= 0.6 is 11.8 Å². The summed E-state index contributed by atoms with van der Waals surface area (Å²) < 4.78 is 0. The van der Waals surface area contributed by atoms with E-state index in [1.165, 1.54) is 5.56 Å². The van der Waals surface area contributed by atoms with Crippen molar-refractivity contribution in [2.24, 2.45) is 0 Å². The molecular formula is C18H27N3O2S. The summed E-state index contributed by atoms with van der Waals surface area (Å²) in [5.74, 6) is 0.962. The molecule has 0 saturated carbocycles. The first-order valence-electron chi connectivity index (χ1n) is 8.52. The van der Waals surface area contributed by atoms with Gasteiger partial charge in [-0.1, -0.05) is 30.3 Å². The molecule has 2 N–H and O–H groups in total. The minimum atomic E-state index is -0.358. The first-order chi connectivity index (χ1) is 11.7. The van der Waals surface area contributed by atoms with Gasteiger partial charge in [-0.2, -0.15) is 11.8 Å². The topological polar surface area (TPSA) is 61.4 Å². The zero-order chi connectivity index (χ0) is 17.2. The number of carbonyl (C=O) groups excluding carboxylic acids is 2. The number of benzene rings is 1. The lowest BCUT2D eigenvalue weighted by atomic mass is 10.1. The van der Waals surface area contributed by atoms with E-state index in [1.54, 1.807) is 11.8 Å².